The van der Waals surface area contributed by atoms with Gasteiger partial charge in [-0.3, -0.25) is 10.1 Å². The van der Waals surface area contributed by atoms with Crippen LogP contribution in [-0.2, 0) is 0 Å². The maximum absolute atomic E-state index is 10.6. The first-order chi connectivity index (χ1) is 7.82. The second-order valence-electron chi connectivity index (χ2n) is 3.56. The Bertz CT molecular complexity index is 413. The highest BCUT2D eigenvalue weighted by Gasteiger charge is 2.18. The lowest BCUT2D eigenvalue weighted by Crippen LogP contribution is -2.25. The lowest BCUT2D eigenvalue weighted by Gasteiger charge is -2.19. The molecule has 1 aromatic rings. The van der Waals surface area contributed by atoms with Gasteiger partial charge in [0.05, 0.1) is 20.0 Å². The van der Waals surface area contributed by atoms with Crippen LogP contribution in [0.2, 0.25) is 0 Å². The van der Waals surface area contributed by atoms with Crippen molar-refractivity contribution in [2.24, 2.45) is 0 Å². The minimum atomic E-state index is -0.635. The number of rotatable bonds is 4. The summed E-state index contributed by atoms with van der Waals surface area (Å²) in [4.78, 5) is 10.1. The van der Waals surface area contributed by atoms with Crippen molar-refractivity contribution in [2.45, 2.75) is 26.1 Å². The van der Waals surface area contributed by atoms with E-state index in [4.69, 9.17) is 4.74 Å². The molecule has 0 aliphatic carbocycles. The Hall–Kier alpha value is -0.660. The average Bonchev–Trinajstić information content (AvgIpc) is 2.22. The minimum absolute atomic E-state index is 0.0409. The Morgan fingerprint density at radius 2 is 1.82 bits per heavy atom. The molecule has 0 spiro atoms. The van der Waals surface area contributed by atoms with Crippen LogP contribution in [0.1, 0.15) is 13.8 Å². The summed E-state index contributed by atoms with van der Waals surface area (Å²) >= 11 is 6.41. The summed E-state index contributed by atoms with van der Waals surface area (Å²) in [6, 6.07) is 2.71. The van der Waals surface area contributed by atoms with E-state index in [1.807, 2.05) is 0 Å². The highest BCUT2D eigenvalue weighted by molar-refractivity contribution is 9.11. The van der Waals surface area contributed by atoms with Gasteiger partial charge in [0.15, 0.2) is 0 Å². The number of nitrogens with zero attached hydrogens (tertiary/aromatic N) is 1. The van der Waals surface area contributed by atoms with Crippen molar-refractivity contribution >= 4 is 37.5 Å². The van der Waals surface area contributed by atoms with E-state index < -0.39 is 17.1 Å². The predicted octanol–water partition coefficient (Wildman–Crippen LogP) is 3.27. The standard InChI is InChI=1S/C10H11Br2NO4/c1-5(14)6(2)17-10-8(11)3-7(13(15)16)4-9(10)12/h3-6,14H,1-2H3. The van der Waals surface area contributed by atoms with Gasteiger partial charge in [-0.2, -0.15) is 0 Å². The van der Waals surface area contributed by atoms with Crippen molar-refractivity contribution in [3.05, 3.63) is 31.2 Å². The largest absolute Gasteiger partial charge is 0.486 e. The predicted molar refractivity (Wildman–Crippen MR) is 70.3 cm³/mol. The molecule has 1 rings (SSSR count). The molecule has 2 atom stereocenters. The van der Waals surface area contributed by atoms with Crippen molar-refractivity contribution in [1.29, 1.82) is 0 Å². The van der Waals surface area contributed by atoms with E-state index in [0.29, 0.717) is 14.7 Å². The summed E-state index contributed by atoms with van der Waals surface area (Å²) in [5, 5.41) is 20.0. The Morgan fingerprint density at radius 3 is 2.18 bits per heavy atom. The summed E-state index contributed by atoms with van der Waals surface area (Å²) in [5.74, 6) is 0.434. The van der Waals surface area contributed by atoms with E-state index in [0.717, 1.165) is 0 Å². The van der Waals surface area contributed by atoms with Crippen LogP contribution in [0.4, 0.5) is 5.69 Å². The zero-order valence-electron chi connectivity index (χ0n) is 9.18. The topological polar surface area (TPSA) is 72.6 Å². The third-order valence-electron chi connectivity index (χ3n) is 2.18. The van der Waals surface area contributed by atoms with Crippen LogP contribution in [0.3, 0.4) is 0 Å². The molecule has 0 saturated heterocycles. The third-order valence-corrected chi connectivity index (χ3v) is 3.36. The Balaban J connectivity index is 3.06. The number of hydrogen-bond acceptors (Lipinski definition) is 4. The third kappa shape index (κ3) is 3.65. The van der Waals surface area contributed by atoms with Crippen molar-refractivity contribution in [3.8, 4) is 5.75 Å². The maximum atomic E-state index is 10.6. The van der Waals surface area contributed by atoms with E-state index in [9.17, 15) is 15.2 Å². The molecule has 17 heavy (non-hydrogen) atoms. The van der Waals surface area contributed by atoms with Gasteiger partial charge < -0.3 is 9.84 Å². The van der Waals surface area contributed by atoms with Crippen molar-refractivity contribution < 1.29 is 14.8 Å². The molecule has 0 aliphatic heterocycles. The van der Waals surface area contributed by atoms with E-state index in [1.165, 1.54) is 12.1 Å². The van der Waals surface area contributed by atoms with Gasteiger partial charge in [0.2, 0.25) is 0 Å². The molecule has 0 aromatic heterocycles. The minimum Gasteiger partial charge on any atom is -0.486 e. The smallest absolute Gasteiger partial charge is 0.271 e. The Kier molecular flexibility index (Phi) is 4.91. The molecule has 0 amide bonds. The van der Waals surface area contributed by atoms with Crippen LogP contribution in [0.5, 0.6) is 5.75 Å². The number of hydrogen-bond donors (Lipinski definition) is 1. The lowest BCUT2D eigenvalue weighted by molar-refractivity contribution is -0.385. The first-order valence-corrected chi connectivity index (χ1v) is 6.39. The van der Waals surface area contributed by atoms with Crippen LogP contribution >= 0.6 is 31.9 Å². The molecule has 5 nitrogen and oxygen atoms in total. The van der Waals surface area contributed by atoms with Gasteiger partial charge in [0, 0.05) is 12.1 Å². The molecule has 2 unspecified atom stereocenters. The number of halogens is 2. The van der Waals surface area contributed by atoms with Crippen LogP contribution in [-0.4, -0.2) is 22.2 Å². The number of nitro benzene ring substituents is 1. The van der Waals surface area contributed by atoms with Gasteiger partial charge in [-0.25, -0.2) is 0 Å². The molecule has 0 fully saturated rings. The van der Waals surface area contributed by atoms with E-state index in [-0.39, 0.29) is 5.69 Å². The normalized spacial score (nSPS) is 14.2. The first-order valence-electron chi connectivity index (χ1n) is 4.81. The molecular formula is C10H11Br2NO4. The van der Waals surface area contributed by atoms with Crippen LogP contribution in [0.25, 0.3) is 0 Å². The summed E-state index contributed by atoms with van der Waals surface area (Å²) in [7, 11) is 0. The molecule has 1 aromatic carbocycles. The molecule has 0 aliphatic rings. The highest BCUT2D eigenvalue weighted by atomic mass is 79.9. The molecule has 0 bridgehead atoms. The number of non-ortho nitro benzene ring substituents is 1. The molecule has 94 valence electrons. The summed E-state index contributed by atoms with van der Waals surface area (Å²) in [6.07, 6.45) is -1.05. The lowest BCUT2D eigenvalue weighted by atomic mass is 10.2. The van der Waals surface area contributed by atoms with Crippen LogP contribution in [0, 0.1) is 10.1 Å². The molecule has 1 N–H and O–H groups in total. The molecule has 7 heteroatoms. The SMILES string of the molecule is CC(O)C(C)Oc1c(Br)cc([N+](=O)[O-])cc1Br. The van der Waals surface area contributed by atoms with Gasteiger partial charge in [0.25, 0.3) is 5.69 Å². The molecular weight excluding hydrogens is 358 g/mol. The van der Waals surface area contributed by atoms with Crippen molar-refractivity contribution in [2.75, 3.05) is 0 Å². The number of aliphatic hydroxyl groups excluding tert-OH is 1. The highest BCUT2D eigenvalue weighted by Crippen LogP contribution is 2.37. The quantitative estimate of drug-likeness (QED) is 0.653. The Morgan fingerprint density at radius 1 is 1.35 bits per heavy atom. The number of ether oxygens (including phenoxy) is 1. The molecule has 0 saturated carbocycles. The zero-order chi connectivity index (χ0) is 13.2. The zero-order valence-corrected chi connectivity index (χ0v) is 12.4. The van der Waals surface area contributed by atoms with Crippen molar-refractivity contribution in [3.63, 3.8) is 0 Å². The summed E-state index contributed by atoms with van der Waals surface area (Å²) < 4.78 is 6.43. The fraction of sp³-hybridized carbons (Fsp3) is 0.400. The van der Waals surface area contributed by atoms with E-state index >= 15 is 0 Å². The number of nitro groups is 1. The first kappa shape index (κ1) is 14.4. The fourth-order valence-electron chi connectivity index (χ4n) is 1.05. The van der Waals surface area contributed by atoms with Crippen LogP contribution < -0.4 is 4.74 Å². The Labute approximate surface area is 115 Å². The second-order valence-corrected chi connectivity index (χ2v) is 5.27. The number of aliphatic hydroxyl groups is 1. The summed E-state index contributed by atoms with van der Waals surface area (Å²) in [5.41, 5.74) is -0.0409. The molecule has 0 heterocycles. The second kappa shape index (κ2) is 5.79. The van der Waals surface area contributed by atoms with E-state index in [2.05, 4.69) is 31.9 Å². The monoisotopic (exact) mass is 367 g/mol. The maximum Gasteiger partial charge on any atom is 0.271 e. The molecule has 0 radical (unpaired) electrons. The fourth-order valence-corrected chi connectivity index (χ4v) is 2.40. The summed E-state index contributed by atoms with van der Waals surface area (Å²) in [6.45, 7) is 3.32. The van der Waals surface area contributed by atoms with Gasteiger partial charge in [0.1, 0.15) is 11.9 Å². The van der Waals surface area contributed by atoms with Gasteiger partial charge in [-0.15, -0.1) is 0 Å². The van der Waals surface area contributed by atoms with Gasteiger partial charge in [-0.05, 0) is 45.7 Å². The van der Waals surface area contributed by atoms with Crippen LogP contribution in [0.15, 0.2) is 21.1 Å². The number of benzene rings is 1. The van der Waals surface area contributed by atoms with E-state index in [1.54, 1.807) is 13.8 Å². The van der Waals surface area contributed by atoms with Crippen molar-refractivity contribution in [1.82, 2.24) is 0 Å². The van der Waals surface area contributed by atoms with Gasteiger partial charge >= 0.3 is 0 Å². The average molecular weight is 369 g/mol. The van der Waals surface area contributed by atoms with Gasteiger partial charge in [-0.1, -0.05) is 0 Å².